The Kier molecular flexibility index (Phi) is 3.48. The first kappa shape index (κ1) is 12.8. The maximum atomic E-state index is 6.48. The monoisotopic (exact) mass is 244 g/mol. The number of hydrogen-bond donors (Lipinski definition) is 1. The van der Waals surface area contributed by atoms with Crippen molar-refractivity contribution in [2.75, 3.05) is 0 Å². The average Bonchev–Trinajstić information content (AvgIpc) is 2.73. The first-order valence-corrected chi connectivity index (χ1v) is 6.32. The molecule has 1 atom stereocenters. The van der Waals surface area contributed by atoms with E-state index in [2.05, 4.69) is 21.7 Å². The molecular weight excluding hydrogens is 224 g/mol. The molecular formula is C14H20N4. The zero-order valence-corrected chi connectivity index (χ0v) is 11.2. The lowest BCUT2D eigenvalue weighted by Crippen LogP contribution is -2.37. The summed E-state index contributed by atoms with van der Waals surface area (Å²) in [6, 6.07) is 10.0. The number of nitrogens with zero attached hydrogens (tertiary/aromatic N) is 3. The molecule has 0 saturated heterocycles. The van der Waals surface area contributed by atoms with Crippen LogP contribution in [0.15, 0.2) is 30.3 Å². The van der Waals surface area contributed by atoms with Crippen LogP contribution in [0.5, 0.6) is 0 Å². The van der Waals surface area contributed by atoms with E-state index in [-0.39, 0.29) is 0 Å². The summed E-state index contributed by atoms with van der Waals surface area (Å²) in [6.45, 7) is 6.98. The van der Waals surface area contributed by atoms with Gasteiger partial charge in [-0.15, -0.1) is 10.2 Å². The third-order valence-corrected chi connectivity index (χ3v) is 3.22. The number of hydrogen-bond acceptors (Lipinski definition) is 3. The van der Waals surface area contributed by atoms with Gasteiger partial charge in [0.25, 0.3) is 0 Å². The van der Waals surface area contributed by atoms with Crippen molar-refractivity contribution in [3.05, 3.63) is 47.5 Å². The highest BCUT2D eigenvalue weighted by molar-refractivity contribution is 5.30. The molecule has 4 heteroatoms. The maximum Gasteiger partial charge on any atom is 0.157 e. The SMILES string of the molecule is CCCn1c(C)nnc1C(C)(N)c1ccccc1. The summed E-state index contributed by atoms with van der Waals surface area (Å²) in [5.74, 6) is 1.74. The molecule has 0 aliphatic carbocycles. The van der Waals surface area contributed by atoms with Gasteiger partial charge in [0.1, 0.15) is 5.82 Å². The number of nitrogens with two attached hydrogens (primary N) is 1. The zero-order valence-electron chi connectivity index (χ0n) is 11.2. The highest BCUT2D eigenvalue weighted by Gasteiger charge is 2.30. The van der Waals surface area contributed by atoms with Gasteiger partial charge in [0.15, 0.2) is 5.82 Å². The van der Waals surface area contributed by atoms with Gasteiger partial charge in [0, 0.05) is 6.54 Å². The first-order valence-electron chi connectivity index (χ1n) is 6.32. The molecule has 0 saturated carbocycles. The molecule has 0 fully saturated rings. The second-order valence-corrected chi connectivity index (χ2v) is 4.79. The molecule has 0 amide bonds. The molecule has 0 radical (unpaired) electrons. The summed E-state index contributed by atoms with van der Waals surface area (Å²) in [5.41, 5.74) is 6.92. The Morgan fingerprint density at radius 1 is 1.22 bits per heavy atom. The normalized spacial score (nSPS) is 14.4. The first-order chi connectivity index (χ1) is 8.57. The van der Waals surface area contributed by atoms with Gasteiger partial charge in [-0.1, -0.05) is 37.3 Å². The van der Waals surface area contributed by atoms with Crippen LogP contribution in [0.1, 0.15) is 37.5 Å². The smallest absolute Gasteiger partial charge is 0.157 e. The molecule has 4 nitrogen and oxygen atoms in total. The Bertz CT molecular complexity index is 514. The van der Waals surface area contributed by atoms with Crippen LogP contribution in [0.2, 0.25) is 0 Å². The van der Waals surface area contributed by atoms with Crippen molar-refractivity contribution in [3.63, 3.8) is 0 Å². The Labute approximate surface area is 108 Å². The molecule has 1 aromatic heterocycles. The predicted molar refractivity (Wildman–Crippen MR) is 72.1 cm³/mol. The van der Waals surface area contributed by atoms with Crippen LogP contribution in [0.4, 0.5) is 0 Å². The lowest BCUT2D eigenvalue weighted by atomic mass is 9.92. The maximum absolute atomic E-state index is 6.48. The molecule has 18 heavy (non-hydrogen) atoms. The summed E-state index contributed by atoms with van der Waals surface area (Å²) in [7, 11) is 0. The van der Waals surface area contributed by atoms with E-state index >= 15 is 0 Å². The van der Waals surface area contributed by atoms with E-state index in [0.29, 0.717) is 0 Å². The van der Waals surface area contributed by atoms with Crippen molar-refractivity contribution in [2.24, 2.45) is 5.73 Å². The lowest BCUT2D eigenvalue weighted by molar-refractivity contribution is 0.500. The van der Waals surface area contributed by atoms with Gasteiger partial charge in [0.2, 0.25) is 0 Å². The largest absolute Gasteiger partial charge is 0.315 e. The molecule has 0 aliphatic heterocycles. The Hall–Kier alpha value is -1.68. The van der Waals surface area contributed by atoms with Gasteiger partial charge in [0.05, 0.1) is 5.54 Å². The van der Waals surface area contributed by atoms with Crippen LogP contribution >= 0.6 is 0 Å². The minimum Gasteiger partial charge on any atom is -0.315 e. The van der Waals surface area contributed by atoms with Crippen LogP contribution < -0.4 is 5.73 Å². The average molecular weight is 244 g/mol. The fourth-order valence-electron chi connectivity index (χ4n) is 2.17. The van der Waals surface area contributed by atoms with E-state index in [1.54, 1.807) is 0 Å². The fraction of sp³-hybridized carbons (Fsp3) is 0.429. The van der Waals surface area contributed by atoms with E-state index in [9.17, 15) is 0 Å². The van der Waals surface area contributed by atoms with Crippen LogP contribution in [0, 0.1) is 6.92 Å². The van der Waals surface area contributed by atoms with Gasteiger partial charge < -0.3 is 10.3 Å². The predicted octanol–water partition coefficient (Wildman–Crippen LogP) is 2.22. The summed E-state index contributed by atoms with van der Waals surface area (Å²) in [5, 5.41) is 8.43. The Morgan fingerprint density at radius 2 is 1.89 bits per heavy atom. The van der Waals surface area contributed by atoms with E-state index in [4.69, 9.17) is 5.73 Å². The highest BCUT2D eigenvalue weighted by Crippen LogP contribution is 2.25. The Balaban J connectivity index is 2.47. The van der Waals surface area contributed by atoms with Gasteiger partial charge in [-0.25, -0.2) is 0 Å². The molecule has 0 spiro atoms. The number of benzene rings is 1. The molecule has 0 bridgehead atoms. The quantitative estimate of drug-likeness (QED) is 0.897. The van der Waals surface area contributed by atoms with Crippen molar-refractivity contribution in [2.45, 2.75) is 39.3 Å². The third kappa shape index (κ3) is 2.16. The van der Waals surface area contributed by atoms with Gasteiger partial charge in [-0.3, -0.25) is 0 Å². The molecule has 1 heterocycles. The second kappa shape index (κ2) is 4.90. The van der Waals surface area contributed by atoms with Crippen LogP contribution in [0.3, 0.4) is 0 Å². The van der Waals surface area contributed by atoms with E-state index < -0.39 is 5.54 Å². The lowest BCUT2D eigenvalue weighted by Gasteiger charge is -2.25. The summed E-state index contributed by atoms with van der Waals surface area (Å²) < 4.78 is 2.10. The minimum absolute atomic E-state index is 0.613. The molecule has 2 N–H and O–H groups in total. The molecule has 1 unspecified atom stereocenters. The molecule has 2 rings (SSSR count). The van der Waals surface area contributed by atoms with Gasteiger partial charge in [-0.05, 0) is 25.8 Å². The minimum atomic E-state index is -0.613. The topological polar surface area (TPSA) is 56.7 Å². The number of rotatable bonds is 4. The van der Waals surface area contributed by atoms with E-state index in [1.165, 1.54) is 0 Å². The molecule has 2 aromatic rings. The van der Waals surface area contributed by atoms with Crippen molar-refractivity contribution in [1.82, 2.24) is 14.8 Å². The standard InChI is InChI=1S/C14H20N4/c1-4-10-18-11(2)16-17-13(18)14(3,15)12-8-6-5-7-9-12/h5-9H,4,10,15H2,1-3H3. The van der Waals surface area contributed by atoms with Gasteiger partial charge in [-0.2, -0.15) is 0 Å². The summed E-state index contributed by atoms with van der Waals surface area (Å²) in [6.07, 6.45) is 1.04. The van der Waals surface area contributed by atoms with Crippen molar-refractivity contribution in [3.8, 4) is 0 Å². The number of aromatic nitrogens is 3. The summed E-state index contributed by atoms with van der Waals surface area (Å²) in [4.78, 5) is 0. The van der Waals surface area contributed by atoms with Crippen LogP contribution in [-0.2, 0) is 12.1 Å². The van der Waals surface area contributed by atoms with Crippen LogP contribution in [0.25, 0.3) is 0 Å². The molecule has 96 valence electrons. The van der Waals surface area contributed by atoms with Gasteiger partial charge >= 0.3 is 0 Å². The Morgan fingerprint density at radius 3 is 2.50 bits per heavy atom. The fourth-order valence-corrected chi connectivity index (χ4v) is 2.17. The van der Waals surface area contributed by atoms with Crippen molar-refractivity contribution < 1.29 is 0 Å². The number of aryl methyl sites for hydroxylation is 1. The van der Waals surface area contributed by atoms with Crippen molar-refractivity contribution in [1.29, 1.82) is 0 Å². The third-order valence-electron chi connectivity index (χ3n) is 3.22. The highest BCUT2D eigenvalue weighted by atomic mass is 15.3. The van der Waals surface area contributed by atoms with E-state index in [0.717, 1.165) is 30.2 Å². The summed E-state index contributed by atoms with van der Waals surface area (Å²) >= 11 is 0. The van der Waals surface area contributed by atoms with E-state index in [1.807, 2.05) is 44.2 Å². The zero-order chi connectivity index (χ0) is 13.2. The van der Waals surface area contributed by atoms with Crippen LogP contribution in [-0.4, -0.2) is 14.8 Å². The molecule has 0 aliphatic rings. The second-order valence-electron chi connectivity index (χ2n) is 4.79. The van der Waals surface area contributed by atoms with Crippen molar-refractivity contribution >= 4 is 0 Å². The molecule has 1 aromatic carbocycles.